The highest BCUT2D eigenvalue weighted by atomic mass is 16.3. The molecule has 0 spiro atoms. The third-order valence-corrected chi connectivity index (χ3v) is 3.38. The summed E-state index contributed by atoms with van der Waals surface area (Å²) in [4.78, 5) is 10.8. The highest BCUT2D eigenvalue weighted by molar-refractivity contribution is 5.57. The molecule has 15 heavy (non-hydrogen) atoms. The molecule has 80 valence electrons. The number of carbonyl (C=O) groups excluding carboxylic acids is 1. The molecule has 0 bridgehead atoms. The lowest BCUT2D eigenvalue weighted by molar-refractivity contribution is -0.111. The molecule has 2 heteroatoms. The first-order chi connectivity index (χ1) is 7.24. The largest absolute Gasteiger partial charge is 0.508 e. The van der Waals surface area contributed by atoms with Crippen molar-refractivity contribution in [2.24, 2.45) is 5.92 Å². The Morgan fingerprint density at radius 2 is 2.33 bits per heavy atom. The summed E-state index contributed by atoms with van der Waals surface area (Å²) in [6.45, 7) is 1.96. The molecule has 2 rings (SSSR count). The molecule has 2 unspecified atom stereocenters. The van der Waals surface area contributed by atoms with Crippen LogP contribution in [0, 0.1) is 5.92 Å². The number of aldehydes is 1. The van der Waals surface area contributed by atoms with Crippen molar-refractivity contribution in [3.05, 3.63) is 29.3 Å². The van der Waals surface area contributed by atoms with Crippen LogP contribution in [0.3, 0.4) is 0 Å². The van der Waals surface area contributed by atoms with Crippen LogP contribution in [-0.2, 0) is 11.2 Å². The van der Waals surface area contributed by atoms with Gasteiger partial charge in [-0.25, -0.2) is 0 Å². The standard InChI is InChI=1S/C13H16O2/c1-9(8-14)10-4-2-6-12-11(10)5-3-7-13(12)15/h3,5,7-10,15H,2,4,6H2,1H3. The maximum atomic E-state index is 10.8. The van der Waals surface area contributed by atoms with E-state index in [1.165, 1.54) is 5.56 Å². The molecular formula is C13H16O2. The van der Waals surface area contributed by atoms with E-state index in [-0.39, 0.29) is 5.92 Å². The Morgan fingerprint density at radius 3 is 3.07 bits per heavy atom. The predicted molar refractivity (Wildman–Crippen MR) is 59.0 cm³/mol. The van der Waals surface area contributed by atoms with E-state index in [4.69, 9.17) is 0 Å². The van der Waals surface area contributed by atoms with E-state index in [0.717, 1.165) is 31.1 Å². The van der Waals surface area contributed by atoms with Crippen molar-refractivity contribution >= 4 is 6.29 Å². The fraction of sp³-hybridized carbons (Fsp3) is 0.462. The summed E-state index contributed by atoms with van der Waals surface area (Å²) < 4.78 is 0. The number of rotatable bonds is 2. The topological polar surface area (TPSA) is 37.3 Å². The van der Waals surface area contributed by atoms with E-state index in [1.54, 1.807) is 6.07 Å². The molecule has 0 aromatic heterocycles. The molecule has 0 saturated carbocycles. The summed E-state index contributed by atoms with van der Waals surface area (Å²) in [5.41, 5.74) is 2.21. The summed E-state index contributed by atoms with van der Waals surface area (Å²) in [5, 5.41) is 9.74. The first-order valence-corrected chi connectivity index (χ1v) is 5.50. The number of fused-ring (bicyclic) bond motifs is 1. The zero-order chi connectivity index (χ0) is 10.8. The number of aromatic hydroxyl groups is 1. The van der Waals surface area contributed by atoms with Crippen LogP contribution < -0.4 is 0 Å². The highest BCUT2D eigenvalue weighted by Gasteiger charge is 2.26. The second kappa shape index (κ2) is 4.05. The third kappa shape index (κ3) is 1.76. The number of carbonyl (C=O) groups is 1. The monoisotopic (exact) mass is 204 g/mol. The van der Waals surface area contributed by atoms with Crippen LogP contribution in [0.25, 0.3) is 0 Å². The molecule has 0 amide bonds. The van der Waals surface area contributed by atoms with Gasteiger partial charge in [0.1, 0.15) is 12.0 Å². The number of hydrogen-bond acceptors (Lipinski definition) is 2. The molecule has 2 nitrogen and oxygen atoms in total. The van der Waals surface area contributed by atoms with E-state index >= 15 is 0 Å². The van der Waals surface area contributed by atoms with Gasteiger partial charge in [-0.15, -0.1) is 0 Å². The molecule has 0 fully saturated rings. The fourth-order valence-electron chi connectivity index (χ4n) is 2.51. The molecule has 0 heterocycles. The van der Waals surface area contributed by atoms with Crippen molar-refractivity contribution in [2.45, 2.75) is 32.1 Å². The van der Waals surface area contributed by atoms with E-state index in [1.807, 2.05) is 19.1 Å². The van der Waals surface area contributed by atoms with Crippen molar-refractivity contribution in [3.63, 3.8) is 0 Å². The molecule has 0 radical (unpaired) electrons. The van der Waals surface area contributed by atoms with Crippen LogP contribution >= 0.6 is 0 Å². The normalized spacial score (nSPS) is 21.8. The first kappa shape index (κ1) is 10.2. The maximum absolute atomic E-state index is 10.8. The van der Waals surface area contributed by atoms with Gasteiger partial charge in [0.2, 0.25) is 0 Å². The van der Waals surface area contributed by atoms with Crippen molar-refractivity contribution in [2.75, 3.05) is 0 Å². The quantitative estimate of drug-likeness (QED) is 0.752. The Bertz CT molecular complexity index is 371. The molecule has 1 aliphatic rings. The Balaban J connectivity index is 2.42. The second-order valence-electron chi connectivity index (χ2n) is 4.34. The van der Waals surface area contributed by atoms with E-state index in [9.17, 15) is 9.90 Å². The Labute approximate surface area is 89.9 Å². The Hall–Kier alpha value is -1.31. The first-order valence-electron chi connectivity index (χ1n) is 5.50. The smallest absolute Gasteiger partial charge is 0.123 e. The molecule has 1 aromatic rings. The summed E-state index contributed by atoms with van der Waals surface area (Å²) in [6, 6.07) is 5.63. The highest BCUT2D eigenvalue weighted by Crippen LogP contribution is 2.39. The van der Waals surface area contributed by atoms with Crippen LogP contribution in [0.15, 0.2) is 18.2 Å². The van der Waals surface area contributed by atoms with E-state index in [0.29, 0.717) is 11.7 Å². The van der Waals surface area contributed by atoms with Gasteiger partial charge in [0.25, 0.3) is 0 Å². The minimum Gasteiger partial charge on any atom is -0.508 e. The van der Waals surface area contributed by atoms with E-state index in [2.05, 4.69) is 0 Å². The lowest BCUT2D eigenvalue weighted by Gasteiger charge is -2.28. The van der Waals surface area contributed by atoms with Crippen molar-refractivity contribution in [1.29, 1.82) is 0 Å². The third-order valence-electron chi connectivity index (χ3n) is 3.38. The number of benzene rings is 1. The van der Waals surface area contributed by atoms with Crippen LogP contribution in [0.2, 0.25) is 0 Å². The molecule has 0 saturated heterocycles. The zero-order valence-electron chi connectivity index (χ0n) is 8.94. The molecule has 2 atom stereocenters. The van der Waals surface area contributed by atoms with Crippen LogP contribution in [0.4, 0.5) is 0 Å². The number of phenols is 1. The van der Waals surface area contributed by atoms with Crippen molar-refractivity contribution in [3.8, 4) is 5.75 Å². The lowest BCUT2D eigenvalue weighted by atomic mass is 9.76. The van der Waals surface area contributed by atoms with Gasteiger partial charge in [-0.05, 0) is 42.4 Å². The molecule has 1 aliphatic carbocycles. The van der Waals surface area contributed by atoms with Gasteiger partial charge in [-0.3, -0.25) is 0 Å². The van der Waals surface area contributed by atoms with E-state index < -0.39 is 0 Å². The second-order valence-corrected chi connectivity index (χ2v) is 4.34. The van der Waals surface area contributed by atoms with Gasteiger partial charge in [0, 0.05) is 5.92 Å². The van der Waals surface area contributed by atoms with Crippen LogP contribution in [0.5, 0.6) is 5.75 Å². The van der Waals surface area contributed by atoms with Gasteiger partial charge in [-0.2, -0.15) is 0 Å². The summed E-state index contributed by atoms with van der Waals surface area (Å²) >= 11 is 0. The molecule has 1 N–H and O–H groups in total. The van der Waals surface area contributed by atoms with Gasteiger partial charge in [0.05, 0.1) is 0 Å². The van der Waals surface area contributed by atoms with Gasteiger partial charge in [-0.1, -0.05) is 19.1 Å². The predicted octanol–water partition coefficient (Wildman–Crippen LogP) is 2.65. The van der Waals surface area contributed by atoms with Crippen molar-refractivity contribution in [1.82, 2.24) is 0 Å². The number of phenolic OH excluding ortho intramolecular Hbond substituents is 1. The minimum absolute atomic E-state index is 0.0471. The van der Waals surface area contributed by atoms with Crippen molar-refractivity contribution < 1.29 is 9.90 Å². The zero-order valence-corrected chi connectivity index (χ0v) is 8.94. The van der Waals surface area contributed by atoms with Gasteiger partial charge in [0.15, 0.2) is 0 Å². The molecule has 1 aromatic carbocycles. The van der Waals surface area contributed by atoms with Crippen LogP contribution in [-0.4, -0.2) is 11.4 Å². The maximum Gasteiger partial charge on any atom is 0.123 e. The molecular weight excluding hydrogens is 188 g/mol. The molecule has 0 aliphatic heterocycles. The Kier molecular flexibility index (Phi) is 2.76. The summed E-state index contributed by atoms with van der Waals surface area (Å²) in [6.07, 6.45) is 4.07. The SMILES string of the molecule is CC(C=O)C1CCCc2c(O)cccc21. The van der Waals surface area contributed by atoms with Gasteiger partial charge < -0.3 is 9.90 Å². The average Bonchev–Trinajstić information content (AvgIpc) is 2.28. The summed E-state index contributed by atoms with van der Waals surface area (Å²) in [5.74, 6) is 0.722. The van der Waals surface area contributed by atoms with Gasteiger partial charge >= 0.3 is 0 Å². The summed E-state index contributed by atoms with van der Waals surface area (Å²) in [7, 11) is 0. The average molecular weight is 204 g/mol. The Morgan fingerprint density at radius 1 is 1.53 bits per heavy atom. The van der Waals surface area contributed by atoms with Crippen LogP contribution in [0.1, 0.15) is 36.8 Å². The lowest BCUT2D eigenvalue weighted by Crippen LogP contribution is -2.17. The fourth-order valence-corrected chi connectivity index (χ4v) is 2.51. The minimum atomic E-state index is 0.0471. The number of hydrogen-bond donors (Lipinski definition) is 1.